The van der Waals surface area contributed by atoms with E-state index in [1.54, 1.807) is 6.33 Å². The highest BCUT2D eigenvalue weighted by molar-refractivity contribution is 5.69. The summed E-state index contributed by atoms with van der Waals surface area (Å²) < 4.78 is 1.85. The van der Waals surface area contributed by atoms with Crippen molar-refractivity contribution in [3.8, 4) is 0 Å². The summed E-state index contributed by atoms with van der Waals surface area (Å²) in [5.74, 6) is 0.152. The number of aliphatic hydroxyl groups is 1. The minimum Gasteiger partial charge on any atom is -0.396 e. The van der Waals surface area contributed by atoms with Crippen LogP contribution in [-0.4, -0.2) is 31.2 Å². The second-order valence-electron chi connectivity index (χ2n) is 4.26. The Morgan fingerprint density at radius 2 is 2.41 bits per heavy atom. The number of aromatic amines is 1. The zero-order chi connectivity index (χ0) is 12.0. The number of imidazole rings is 1. The van der Waals surface area contributed by atoms with Crippen molar-refractivity contribution in [1.29, 1.82) is 0 Å². The van der Waals surface area contributed by atoms with Crippen LogP contribution in [0.15, 0.2) is 29.6 Å². The van der Waals surface area contributed by atoms with Gasteiger partial charge in [-0.3, -0.25) is 4.79 Å². The minimum atomic E-state index is -0.239. The molecule has 0 aromatic carbocycles. The fourth-order valence-corrected chi connectivity index (χ4v) is 2.26. The van der Waals surface area contributed by atoms with Gasteiger partial charge < -0.3 is 14.7 Å². The first-order chi connectivity index (χ1) is 8.22. The van der Waals surface area contributed by atoms with E-state index in [-0.39, 0.29) is 24.1 Å². The van der Waals surface area contributed by atoms with Crippen LogP contribution >= 0.6 is 0 Å². The highest BCUT2D eigenvalue weighted by Gasteiger charge is 2.35. The Labute approximate surface area is 96.6 Å². The van der Waals surface area contributed by atoms with Gasteiger partial charge in [0.2, 0.25) is 0 Å². The van der Waals surface area contributed by atoms with Gasteiger partial charge in [0.1, 0.15) is 0 Å². The molecule has 2 aromatic heterocycles. The first-order valence-electron chi connectivity index (χ1n) is 5.42. The molecule has 6 heteroatoms. The lowest BCUT2D eigenvalue weighted by Gasteiger charge is -2.38. The molecule has 0 aliphatic heterocycles. The van der Waals surface area contributed by atoms with Gasteiger partial charge in [0, 0.05) is 12.5 Å². The number of nitrogens with zero attached hydrogens (tertiary/aromatic N) is 3. The molecular formula is C11H12N4O2. The third-order valence-corrected chi connectivity index (χ3v) is 3.38. The van der Waals surface area contributed by atoms with Crippen molar-refractivity contribution in [3.05, 3.63) is 35.2 Å². The van der Waals surface area contributed by atoms with E-state index in [2.05, 4.69) is 21.5 Å². The molecule has 1 aliphatic carbocycles. The van der Waals surface area contributed by atoms with Gasteiger partial charge in [-0.05, 0) is 12.0 Å². The van der Waals surface area contributed by atoms with E-state index < -0.39 is 0 Å². The minimum absolute atomic E-state index is 0.0893. The highest BCUT2D eigenvalue weighted by Crippen LogP contribution is 2.42. The molecule has 0 bridgehead atoms. The van der Waals surface area contributed by atoms with Crippen LogP contribution in [0.4, 0.5) is 0 Å². The van der Waals surface area contributed by atoms with Crippen LogP contribution in [0, 0.1) is 5.92 Å². The summed E-state index contributed by atoms with van der Waals surface area (Å²) in [5, 5.41) is 9.07. The molecule has 0 unspecified atom stereocenters. The van der Waals surface area contributed by atoms with E-state index in [1.807, 2.05) is 4.57 Å². The van der Waals surface area contributed by atoms with Crippen molar-refractivity contribution >= 4 is 11.2 Å². The molecule has 0 radical (unpaired) electrons. The predicted octanol–water partition coefficient (Wildman–Crippen LogP) is 0.229. The van der Waals surface area contributed by atoms with Crippen LogP contribution < -0.4 is 5.56 Å². The van der Waals surface area contributed by atoms with Crippen molar-refractivity contribution < 1.29 is 5.11 Å². The number of hydrogen-bond acceptors (Lipinski definition) is 4. The molecule has 2 N–H and O–H groups in total. The molecule has 0 saturated heterocycles. The maximum Gasteiger partial charge on any atom is 0.278 e. The van der Waals surface area contributed by atoms with Crippen LogP contribution in [-0.2, 0) is 0 Å². The normalized spacial score (nSPS) is 23.9. The first kappa shape index (κ1) is 10.2. The van der Waals surface area contributed by atoms with Gasteiger partial charge in [0.25, 0.3) is 5.56 Å². The number of H-pyrrole nitrogens is 1. The van der Waals surface area contributed by atoms with Crippen LogP contribution in [0.2, 0.25) is 0 Å². The molecule has 17 heavy (non-hydrogen) atoms. The number of aromatic nitrogens is 4. The SMILES string of the molecule is C=C1[C@H](CO)C[C@@H]1n1cnc2c(=O)[nH]cnc21. The van der Waals surface area contributed by atoms with Crippen molar-refractivity contribution in [2.45, 2.75) is 12.5 Å². The van der Waals surface area contributed by atoms with E-state index in [1.165, 1.54) is 6.33 Å². The third kappa shape index (κ3) is 1.34. The van der Waals surface area contributed by atoms with E-state index in [4.69, 9.17) is 5.11 Å². The first-order valence-corrected chi connectivity index (χ1v) is 5.42. The Balaban J connectivity index is 2.06. The number of rotatable bonds is 2. The van der Waals surface area contributed by atoms with Gasteiger partial charge in [-0.1, -0.05) is 6.58 Å². The van der Waals surface area contributed by atoms with Crippen molar-refractivity contribution in [3.63, 3.8) is 0 Å². The van der Waals surface area contributed by atoms with E-state index in [9.17, 15) is 4.79 Å². The molecule has 1 saturated carbocycles. The van der Waals surface area contributed by atoms with Gasteiger partial charge in [0.15, 0.2) is 11.2 Å². The maximum atomic E-state index is 11.5. The van der Waals surface area contributed by atoms with Crippen molar-refractivity contribution in [2.75, 3.05) is 6.61 Å². The second kappa shape index (κ2) is 3.53. The lowest BCUT2D eigenvalue weighted by Crippen LogP contribution is -2.31. The molecule has 1 aliphatic rings. The van der Waals surface area contributed by atoms with Gasteiger partial charge >= 0.3 is 0 Å². The average Bonchev–Trinajstić information content (AvgIpc) is 2.73. The summed E-state index contributed by atoms with van der Waals surface area (Å²) in [4.78, 5) is 22.2. The average molecular weight is 232 g/mol. The summed E-state index contributed by atoms with van der Waals surface area (Å²) in [5.41, 5.74) is 1.63. The number of aliphatic hydroxyl groups excluding tert-OH is 1. The molecule has 2 aromatic rings. The van der Waals surface area contributed by atoms with E-state index >= 15 is 0 Å². The Kier molecular flexibility index (Phi) is 2.12. The summed E-state index contributed by atoms with van der Waals surface area (Å²) in [6, 6.07) is 0.0893. The Hall–Kier alpha value is -1.95. The number of hydrogen-bond donors (Lipinski definition) is 2. The lowest BCUT2D eigenvalue weighted by atomic mass is 9.76. The standard InChI is InChI=1S/C11H12N4O2/c1-6-7(3-16)2-8(6)15-5-14-9-10(15)12-4-13-11(9)17/h4-5,7-8,16H,1-3H2,(H,12,13,17)/t7-,8-/m0/s1. The Morgan fingerprint density at radius 3 is 3.12 bits per heavy atom. The Bertz CT molecular complexity index is 642. The van der Waals surface area contributed by atoms with Gasteiger partial charge in [-0.15, -0.1) is 0 Å². The number of nitrogens with one attached hydrogen (secondary N) is 1. The molecule has 2 heterocycles. The smallest absolute Gasteiger partial charge is 0.278 e. The van der Waals surface area contributed by atoms with Crippen LogP contribution in [0.1, 0.15) is 12.5 Å². The maximum absolute atomic E-state index is 11.5. The monoisotopic (exact) mass is 232 g/mol. The van der Waals surface area contributed by atoms with Gasteiger partial charge in [-0.25, -0.2) is 9.97 Å². The molecule has 2 atom stereocenters. The molecule has 0 spiro atoms. The van der Waals surface area contributed by atoms with Gasteiger partial charge in [-0.2, -0.15) is 0 Å². The van der Waals surface area contributed by atoms with Crippen molar-refractivity contribution in [1.82, 2.24) is 19.5 Å². The molecule has 6 nitrogen and oxygen atoms in total. The van der Waals surface area contributed by atoms with Gasteiger partial charge in [0.05, 0.1) is 18.7 Å². The topological polar surface area (TPSA) is 83.8 Å². The zero-order valence-electron chi connectivity index (χ0n) is 9.13. The highest BCUT2D eigenvalue weighted by atomic mass is 16.3. The van der Waals surface area contributed by atoms with Crippen LogP contribution in [0.25, 0.3) is 11.2 Å². The third-order valence-electron chi connectivity index (χ3n) is 3.38. The fraction of sp³-hybridized carbons (Fsp3) is 0.364. The molecule has 88 valence electrons. The van der Waals surface area contributed by atoms with E-state index in [0.717, 1.165) is 12.0 Å². The summed E-state index contributed by atoms with van der Waals surface area (Å²) in [6.07, 6.45) is 3.79. The van der Waals surface area contributed by atoms with Crippen LogP contribution in [0.5, 0.6) is 0 Å². The lowest BCUT2D eigenvalue weighted by molar-refractivity contribution is 0.180. The van der Waals surface area contributed by atoms with Crippen LogP contribution in [0.3, 0.4) is 0 Å². The second-order valence-corrected chi connectivity index (χ2v) is 4.26. The largest absolute Gasteiger partial charge is 0.396 e. The molecular weight excluding hydrogens is 220 g/mol. The molecule has 3 rings (SSSR count). The summed E-state index contributed by atoms with van der Waals surface area (Å²) >= 11 is 0. The fourth-order valence-electron chi connectivity index (χ4n) is 2.26. The van der Waals surface area contributed by atoms with Crippen molar-refractivity contribution in [2.24, 2.45) is 5.92 Å². The molecule has 0 amide bonds. The predicted molar refractivity (Wildman–Crippen MR) is 61.5 cm³/mol. The number of fused-ring (bicyclic) bond motifs is 1. The van der Waals surface area contributed by atoms with E-state index in [0.29, 0.717) is 11.2 Å². The molecule has 1 fully saturated rings. The summed E-state index contributed by atoms with van der Waals surface area (Å²) in [7, 11) is 0. The summed E-state index contributed by atoms with van der Waals surface area (Å²) in [6.45, 7) is 4.08. The Morgan fingerprint density at radius 1 is 1.59 bits per heavy atom. The quantitative estimate of drug-likeness (QED) is 0.726. The zero-order valence-corrected chi connectivity index (χ0v) is 9.13.